The summed E-state index contributed by atoms with van der Waals surface area (Å²) < 4.78 is 33.4. The lowest BCUT2D eigenvalue weighted by atomic mass is 10.2. The number of nitrogen functional groups attached to an aromatic ring is 1. The summed E-state index contributed by atoms with van der Waals surface area (Å²) in [6.07, 6.45) is 1.91. The summed E-state index contributed by atoms with van der Waals surface area (Å²) in [7, 11) is -1.68. The Bertz CT molecular complexity index is 864. The molecular weight excluding hydrogens is 356 g/mol. The lowest BCUT2D eigenvalue weighted by Crippen LogP contribution is -2.14. The highest BCUT2D eigenvalue weighted by molar-refractivity contribution is 7.90. The second-order valence-electron chi connectivity index (χ2n) is 5.70. The van der Waals surface area contributed by atoms with Crippen molar-refractivity contribution in [2.24, 2.45) is 0 Å². The van der Waals surface area contributed by atoms with Crippen molar-refractivity contribution in [3.8, 4) is 11.5 Å². The van der Waals surface area contributed by atoms with E-state index in [9.17, 15) is 13.2 Å². The van der Waals surface area contributed by atoms with Gasteiger partial charge in [-0.2, -0.15) is 0 Å². The summed E-state index contributed by atoms with van der Waals surface area (Å²) in [4.78, 5) is 12.2. The fraction of sp³-hybridized carbons (Fsp3) is 0.278. The Morgan fingerprint density at radius 1 is 1.12 bits per heavy atom. The number of nitrogens with one attached hydrogen (secondary N) is 1. The molecule has 2 aromatic carbocycles. The molecule has 1 amide bonds. The van der Waals surface area contributed by atoms with Crippen LogP contribution in [0.1, 0.15) is 12.8 Å². The molecule has 0 bridgehead atoms. The maximum atomic E-state index is 12.0. The molecular formula is C18H22N2O5S. The van der Waals surface area contributed by atoms with Gasteiger partial charge in [-0.3, -0.25) is 4.79 Å². The van der Waals surface area contributed by atoms with Crippen molar-refractivity contribution in [3.05, 3.63) is 42.5 Å². The van der Waals surface area contributed by atoms with Crippen LogP contribution in [-0.2, 0) is 14.6 Å². The van der Waals surface area contributed by atoms with Crippen molar-refractivity contribution in [2.45, 2.75) is 17.7 Å². The number of amides is 1. The van der Waals surface area contributed by atoms with Gasteiger partial charge >= 0.3 is 0 Å². The maximum absolute atomic E-state index is 12.0. The Labute approximate surface area is 153 Å². The van der Waals surface area contributed by atoms with Gasteiger partial charge in [-0.25, -0.2) is 8.42 Å². The van der Waals surface area contributed by atoms with Gasteiger partial charge in [0.15, 0.2) is 9.84 Å². The number of ether oxygens (including phenoxy) is 2. The third kappa shape index (κ3) is 5.66. The number of methoxy groups -OCH3 is 1. The van der Waals surface area contributed by atoms with E-state index in [2.05, 4.69) is 5.32 Å². The van der Waals surface area contributed by atoms with Crippen LogP contribution in [0.15, 0.2) is 47.4 Å². The van der Waals surface area contributed by atoms with Gasteiger partial charge < -0.3 is 20.5 Å². The molecule has 0 spiro atoms. The number of hydrogen-bond acceptors (Lipinski definition) is 6. The number of rotatable bonds is 8. The van der Waals surface area contributed by atoms with Gasteiger partial charge in [-0.05, 0) is 42.8 Å². The molecule has 0 aliphatic heterocycles. The molecule has 0 fully saturated rings. The summed E-state index contributed by atoms with van der Waals surface area (Å²) in [5, 5.41) is 2.74. The fourth-order valence-corrected chi connectivity index (χ4v) is 2.82. The number of nitrogens with two attached hydrogens (primary N) is 1. The fourth-order valence-electron chi connectivity index (χ4n) is 2.19. The molecule has 0 saturated carbocycles. The van der Waals surface area contributed by atoms with Crippen molar-refractivity contribution in [3.63, 3.8) is 0 Å². The predicted octanol–water partition coefficient (Wildman–Crippen LogP) is 2.48. The number of carbonyl (C=O) groups excluding carboxylic acids is 1. The minimum absolute atomic E-state index is 0.180. The van der Waals surface area contributed by atoms with E-state index < -0.39 is 9.84 Å². The summed E-state index contributed by atoms with van der Waals surface area (Å²) in [6, 6.07) is 11.2. The molecule has 2 rings (SSSR count). The molecule has 0 aliphatic rings. The zero-order chi connectivity index (χ0) is 19.2. The van der Waals surface area contributed by atoms with E-state index in [4.69, 9.17) is 15.2 Å². The van der Waals surface area contributed by atoms with Gasteiger partial charge in [0, 0.05) is 18.7 Å². The molecule has 2 aromatic rings. The lowest BCUT2D eigenvalue weighted by molar-refractivity contribution is -0.116. The maximum Gasteiger partial charge on any atom is 0.224 e. The van der Waals surface area contributed by atoms with Crippen molar-refractivity contribution in [1.29, 1.82) is 0 Å². The Morgan fingerprint density at radius 3 is 2.38 bits per heavy atom. The van der Waals surface area contributed by atoms with Gasteiger partial charge in [0.25, 0.3) is 0 Å². The number of benzene rings is 2. The Kier molecular flexibility index (Phi) is 6.46. The third-order valence-corrected chi connectivity index (χ3v) is 4.73. The molecule has 0 atom stereocenters. The molecule has 140 valence electrons. The smallest absolute Gasteiger partial charge is 0.224 e. The minimum atomic E-state index is -3.22. The molecule has 0 radical (unpaired) electrons. The SMILES string of the molecule is COc1ccc(N)c(NC(=O)CCCOc2ccc(S(C)(=O)=O)cc2)c1. The van der Waals surface area contributed by atoms with Gasteiger partial charge in [0.05, 0.1) is 30.0 Å². The van der Waals surface area contributed by atoms with Crippen LogP contribution in [-0.4, -0.2) is 34.3 Å². The van der Waals surface area contributed by atoms with E-state index in [1.165, 1.54) is 19.2 Å². The second-order valence-corrected chi connectivity index (χ2v) is 7.71. The average Bonchev–Trinajstić information content (AvgIpc) is 2.60. The largest absolute Gasteiger partial charge is 0.497 e. The van der Waals surface area contributed by atoms with Crippen LogP contribution < -0.4 is 20.5 Å². The molecule has 7 nitrogen and oxygen atoms in total. The summed E-state index contributed by atoms with van der Waals surface area (Å²) in [6.45, 7) is 0.333. The van der Waals surface area contributed by atoms with E-state index in [-0.39, 0.29) is 17.2 Å². The zero-order valence-electron chi connectivity index (χ0n) is 14.7. The summed E-state index contributed by atoms with van der Waals surface area (Å²) in [5.41, 5.74) is 6.79. The highest BCUT2D eigenvalue weighted by Crippen LogP contribution is 2.24. The Balaban J connectivity index is 1.78. The highest BCUT2D eigenvalue weighted by atomic mass is 32.2. The van der Waals surface area contributed by atoms with Crippen LogP contribution in [0.25, 0.3) is 0 Å². The molecule has 0 unspecified atom stereocenters. The van der Waals surface area contributed by atoms with Crippen molar-refractivity contribution in [1.82, 2.24) is 0 Å². The summed E-state index contributed by atoms with van der Waals surface area (Å²) in [5.74, 6) is 0.978. The first-order valence-corrected chi connectivity index (χ1v) is 9.85. The predicted molar refractivity (Wildman–Crippen MR) is 100 cm³/mol. The Morgan fingerprint density at radius 2 is 1.77 bits per heavy atom. The van der Waals surface area contributed by atoms with Crippen LogP contribution in [0.5, 0.6) is 11.5 Å². The topological polar surface area (TPSA) is 108 Å². The van der Waals surface area contributed by atoms with Crippen molar-refractivity contribution < 1.29 is 22.7 Å². The van der Waals surface area contributed by atoms with E-state index in [1.54, 1.807) is 30.3 Å². The van der Waals surface area contributed by atoms with Crippen molar-refractivity contribution >= 4 is 27.1 Å². The molecule has 0 saturated heterocycles. The van der Waals surface area contributed by atoms with Crippen LogP contribution in [0.3, 0.4) is 0 Å². The first-order valence-electron chi connectivity index (χ1n) is 7.96. The first kappa shape index (κ1) is 19.6. The van der Waals surface area contributed by atoms with Gasteiger partial charge in [-0.15, -0.1) is 0 Å². The van der Waals surface area contributed by atoms with Gasteiger partial charge in [0.1, 0.15) is 11.5 Å². The zero-order valence-corrected chi connectivity index (χ0v) is 15.5. The molecule has 0 aromatic heterocycles. The van der Waals surface area contributed by atoms with E-state index in [0.29, 0.717) is 35.9 Å². The molecule has 0 heterocycles. The number of hydrogen-bond donors (Lipinski definition) is 2. The quantitative estimate of drug-likeness (QED) is 0.540. The minimum Gasteiger partial charge on any atom is -0.497 e. The van der Waals surface area contributed by atoms with Crippen molar-refractivity contribution in [2.75, 3.05) is 31.0 Å². The molecule has 26 heavy (non-hydrogen) atoms. The molecule has 8 heteroatoms. The van der Waals surface area contributed by atoms with Gasteiger partial charge in [0.2, 0.25) is 5.91 Å². The first-order chi connectivity index (χ1) is 12.3. The van der Waals surface area contributed by atoms with E-state index in [1.807, 2.05) is 0 Å². The van der Waals surface area contributed by atoms with E-state index in [0.717, 1.165) is 6.26 Å². The molecule has 0 aliphatic carbocycles. The lowest BCUT2D eigenvalue weighted by Gasteiger charge is -2.10. The second kappa shape index (κ2) is 8.57. The monoisotopic (exact) mass is 378 g/mol. The molecule has 3 N–H and O–H groups in total. The Hall–Kier alpha value is -2.74. The number of carbonyl (C=O) groups is 1. The van der Waals surface area contributed by atoms with Crippen LogP contribution in [0.4, 0.5) is 11.4 Å². The number of anilines is 2. The standard InChI is InChI=1S/C18H22N2O5S/c1-24-14-7-10-16(19)17(12-14)20-18(21)4-3-11-25-13-5-8-15(9-6-13)26(2,22)23/h5-10,12H,3-4,11,19H2,1-2H3,(H,20,21). The van der Waals surface area contributed by atoms with Crippen LogP contribution in [0.2, 0.25) is 0 Å². The van der Waals surface area contributed by atoms with E-state index >= 15 is 0 Å². The van der Waals surface area contributed by atoms with Crippen LogP contribution >= 0.6 is 0 Å². The average molecular weight is 378 g/mol. The highest BCUT2D eigenvalue weighted by Gasteiger charge is 2.08. The van der Waals surface area contributed by atoms with Gasteiger partial charge in [-0.1, -0.05) is 0 Å². The third-order valence-electron chi connectivity index (χ3n) is 3.60. The normalized spacial score (nSPS) is 11.0. The number of sulfone groups is 1. The summed E-state index contributed by atoms with van der Waals surface area (Å²) >= 11 is 0. The van der Waals surface area contributed by atoms with Crippen LogP contribution in [0, 0.1) is 0 Å².